The molecule has 3 rings (SSSR count). The molecular weight excluding hydrogens is 372 g/mol. The number of benzene rings is 2. The van der Waals surface area contributed by atoms with E-state index in [4.69, 9.17) is 0 Å². The van der Waals surface area contributed by atoms with Gasteiger partial charge in [0.25, 0.3) is 0 Å². The van der Waals surface area contributed by atoms with Crippen molar-refractivity contribution in [3.8, 4) is 0 Å². The minimum absolute atomic E-state index is 0.0609. The molecule has 1 N–H and O–H groups in total. The van der Waals surface area contributed by atoms with E-state index in [-0.39, 0.29) is 29.3 Å². The number of nitrogens with zero attached hydrogens (tertiary/aromatic N) is 1. The Morgan fingerprint density at radius 3 is 2.46 bits per heavy atom. The lowest BCUT2D eigenvalue weighted by atomic mass is 9.97. The molecule has 1 heterocycles. The minimum atomic E-state index is -3.57. The van der Waals surface area contributed by atoms with E-state index in [0.717, 1.165) is 12.0 Å². The molecule has 1 saturated heterocycles. The number of piperidine rings is 1. The van der Waals surface area contributed by atoms with Crippen molar-refractivity contribution in [2.24, 2.45) is 5.92 Å². The first-order valence-electron chi connectivity index (χ1n) is 9.84. The van der Waals surface area contributed by atoms with Gasteiger partial charge in [0.15, 0.2) is 0 Å². The van der Waals surface area contributed by atoms with Crippen molar-refractivity contribution in [1.82, 2.24) is 9.62 Å². The van der Waals surface area contributed by atoms with Crippen LogP contribution in [0.4, 0.5) is 0 Å². The zero-order chi connectivity index (χ0) is 20.1. The molecule has 1 fully saturated rings. The lowest BCUT2D eigenvalue weighted by Crippen LogP contribution is -2.46. The predicted molar refractivity (Wildman–Crippen MR) is 110 cm³/mol. The van der Waals surface area contributed by atoms with Crippen LogP contribution in [-0.2, 0) is 14.8 Å². The van der Waals surface area contributed by atoms with Crippen LogP contribution in [0.15, 0.2) is 59.5 Å². The standard InChI is InChI=1S/C22H28N2O3S/c1-3-21(18-13-11-17(2)12-14-18)23-22(25)19-8-7-15-24(16-19)28(26,27)20-9-5-4-6-10-20/h4-6,9-14,19,21H,3,7-8,15-16H2,1-2H3,(H,23,25)/t19-,21-/m0/s1. The lowest BCUT2D eigenvalue weighted by molar-refractivity contribution is -0.126. The van der Waals surface area contributed by atoms with Gasteiger partial charge < -0.3 is 5.32 Å². The molecule has 1 aliphatic rings. The molecule has 2 aromatic rings. The van der Waals surface area contributed by atoms with Gasteiger partial charge in [-0.3, -0.25) is 4.79 Å². The maximum absolute atomic E-state index is 12.9. The first-order chi connectivity index (χ1) is 13.4. The fraction of sp³-hybridized carbons (Fsp3) is 0.409. The highest BCUT2D eigenvalue weighted by molar-refractivity contribution is 7.89. The van der Waals surface area contributed by atoms with Crippen molar-refractivity contribution in [1.29, 1.82) is 0 Å². The SMILES string of the molecule is CC[C@H](NC(=O)[C@H]1CCCN(S(=O)(=O)c2ccccc2)C1)c1ccc(C)cc1. The molecular formula is C22H28N2O3S. The van der Waals surface area contributed by atoms with Crippen LogP contribution in [0.1, 0.15) is 43.4 Å². The second kappa shape index (κ2) is 8.88. The zero-order valence-electron chi connectivity index (χ0n) is 16.5. The third-order valence-electron chi connectivity index (χ3n) is 5.34. The summed E-state index contributed by atoms with van der Waals surface area (Å²) in [6.45, 7) is 4.76. The molecule has 6 heteroatoms. The maximum Gasteiger partial charge on any atom is 0.243 e. The Hall–Kier alpha value is -2.18. The number of rotatable bonds is 6. The van der Waals surface area contributed by atoms with Crippen LogP contribution in [-0.4, -0.2) is 31.7 Å². The fourth-order valence-corrected chi connectivity index (χ4v) is 5.17. The molecule has 2 atom stereocenters. The summed E-state index contributed by atoms with van der Waals surface area (Å²) < 4.78 is 27.2. The van der Waals surface area contributed by atoms with Crippen molar-refractivity contribution >= 4 is 15.9 Å². The molecule has 2 aromatic carbocycles. The number of carbonyl (C=O) groups excluding carboxylic acids is 1. The topological polar surface area (TPSA) is 66.5 Å². The molecule has 1 amide bonds. The number of amides is 1. The molecule has 1 aliphatic heterocycles. The average Bonchev–Trinajstić information content (AvgIpc) is 2.73. The van der Waals surface area contributed by atoms with Crippen molar-refractivity contribution in [2.75, 3.05) is 13.1 Å². The molecule has 5 nitrogen and oxygen atoms in total. The van der Waals surface area contributed by atoms with E-state index in [1.165, 1.54) is 9.87 Å². The van der Waals surface area contributed by atoms with Crippen LogP contribution in [0.2, 0.25) is 0 Å². The first kappa shape index (κ1) is 20.6. The quantitative estimate of drug-likeness (QED) is 0.805. The van der Waals surface area contributed by atoms with E-state index in [9.17, 15) is 13.2 Å². The number of aryl methyl sites for hydroxylation is 1. The van der Waals surface area contributed by atoms with Gasteiger partial charge in [0.2, 0.25) is 15.9 Å². The number of sulfonamides is 1. The summed E-state index contributed by atoms with van der Waals surface area (Å²) >= 11 is 0. The number of hydrogen-bond acceptors (Lipinski definition) is 3. The van der Waals surface area contributed by atoms with Crippen LogP contribution in [0.25, 0.3) is 0 Å². The van der Waals surface area contributed by atoms with Crippen LogP contribution in [0.3, 0.4) is 0 Å². The summed E-state index contributed by atoms with van der Waals surface area (Å²) in [6, 6.07) is 16.5. The van der Waals surface area contributed by atoms with Crippen molar-refractivity contribution in [3.63, 3.8) is 0 Å². The fourth-order valence-electron chi connectivity index (χ4n) is 3.63. The van der Waals surface area contributed by atoms with E-state index in [0.29, 0.717) is 19.4 Å². The number of hydrogen-bond donors (Lipinski definition) is 1. The third kappa shape index (κ3) is 4.62. The highest BCUT2D eigenvalue weighted by Gasteiger charge is 2.33. The van der Waals surface area contributed by atoms with E-state index < -0.39 is 10.0 Å². The number of carbonyl (C=O) groups is 1. The van der Waals surface area contributed by atoms with E-state index >= 15 is 0 Å². The molecule has 0 aliphatic carbocycles. The smallest absolute Gasteiger partial charge is 0.243 e. The van der Waals surface area contributed by atoms with E-state index in [1.807, 2.05) is 38.1 Å². The highest BCUT2D eigenvalue weighted by atomic mass is 32.2. The van der Waals surface area contributed by atoms with Gasteiger partial charge in [-0.1, -0.05) is 55.0 Å². The van der Waals surface area contributed by atoms with E-state index in [1.54, 1.807) is 30.3 Å². The second-order valence-corrected chi connectivity index (χ2v) is 9.33. The normalized spacial score (nSPS) is 19.1. The van der Waals surface area contributed by atoms with Crippen molar-refractivity contribution < 1.29 is 13.2 Å². The Balaban J connectivity index is 1.69. The molecule has 0 bridgehead atoms. The van der Waals surface area contributed by atoms with Crippen LogP contribution >= 0.6 is 0 Å². The zero-order valence-corrected chi connectivity index (χ0v) is 17.3. The summed E-state index contributed by atoms with van der Waals surface area (Å²) in [5, 5.41) is 3.12. The molecule has 28 heavy (non-hydrogen) atoms. The van der Waals surface area contributed by atoms with Gasteiger partial charge in [0.1, 0.15) is 0 Å². The van der Waals surface area contributed by atoms with Gasteiger partial charge in [-0.2, -0.15) is 4.31 Å². The van der Waals surface area contributed by atoms with Gasteiger partial charge in [0, 0.05) is 13.1 Å². The van der Waals surface area contributed by atoms with Gasteiger partial charge >= 0.3 is 0 Å². The molecule has 0 radical (unpaired) electrons. The van der Waals surface area contributed by atoms with Crippen LogP contribution < -0.4 is 5.32 Å². The monoisotopic (exact) mass is 400 g/mol. The van der Waals surface area contributed by atoms with Crippen LogP contribution in [0.5, 0.6) is 0 Å². The van der Waals surface area contributed by atoms with Crippen molar-refractivity contribution in [3.05, 3.63) is 65.7 Å². The van der Waals surface area contributed by atoms with Gasteiger partial charge in [-0.05, 0) is 43.9 Å². The summed E-state index contributed by atoms with van der Waals surface area (Å²) in [4.78, 5) is 13.2. The Kier molecular flexibility index (Phi) is 6.52. The molecule has 0 spiro atoms. The second-order valence-electron chi connectivity index (χ2n) is 7.40. The Labute approximate surface area is 167 Å². The predicted octanol–water partition coefficient (Wildman–Crippen LogP) is 3.66. The third-order valence-corrected chi connectivity index (χ3v) is 7.22. The Morgan fingerprint density at radius 2 is 1.82 bits per heavy atom. The highest BCUT2D eigenvalue weighted by Crippen LogP contribution is 2.25. The molecule has 0 aromatic heterocycles. The summed E-state index contributed by atoms with van der Waals surface area (Å²) in [7, 11) is -3.57. The number of nitrogens with one attached hydrogen (secondary N) is 1. The van der Waals surface area contributed by atoms with Gasteiger partial charge in [-0.15, -0.1) is 0 Å². The van der Waals surface area contributed by atoms with Crippen LogP contribution in [0, 0.1) is 12.8 Å². The Morgan fingerprint density at radius 1 is 1.14 bits per heavy atom. The summed E-state index contributed by atoms with van der Waals surface area (Å²) in [5.41, 5.74) is 2.25. The van der Waals surface area contributed by atoms with E-state index in [2.05, 4.69) is 5.32 Å². The summed E-state index contributed by atoms with van der Waals surface area (Å²) in [5.74, 6) is -0.396. The van der Waals surface area contributed by atoms with Crippen molar-refractivity contribution in [2.45, 2.75) is 44.0 Å². The molecule has 0 unspecified atom stereocenters. The lowest BCUT2D eigenvalue weighted by Gasteiger charge is -2.32. The minimum Gasteiger partial charge on any atom is -0.349 e. The first-order valence-corrected chi connectivity index (χ1v) is 11.3. The molecule has 0 saturated carbocycles. The molecule has 150 valence electrons. The average molecular weight is 401 g/mol. The Bertz CT molecular complexity index is 895. The maximum atomic E-state index is 12.9. The van der Waals surface area contributed by atoms with Gasteiger partial charge in [-0.25, -0.2) is 8.42 Å². The summed E-state index contributed by atoms with van der Waals surface area (Å²) in [6.07, 6.45) is 2.18. The van der Waals surface area contributed by atoms with Gasteiger partial charge in [0.05, 0.1) is 16.9 Å². The largest absolute Gasteiger partial charge is 0.349 e.